The van der Waals surface area contributed by atoms with Gasteiger partial charge in [-0.15, -0.1) is 0 Å². The number of aryl methyl sites for hydroxylation is 1. The molecule has 19 heavy (non-hydrogen) atoms. The Labute approximate surface area is 112 Å². The zero-order chi connectivity index (χ0) is 13.4. The first kappa shape index (κ1) is 12.7. The summed E-state index contributed by atoms with van der Waals surface area (Å²) in [6, 6.07) is 0. The van der Waals surface area contributed by atoms with Crippen LogP contribution in [-0.2, 0) is 12.8 Å². The van der Waals surface area contributed by atoms with Crippen LogP contribution in [0.3, 0.4) is 0 Å². The molecule has 2 aliphatic rings. The molecule has 5 nitrogen and oxygen atoms in total. The first-order valence-corrected chi connectivity index (χ1v) is 7.11. The maximum absolute atomic E-state index is 12.5. The average molecular weight is 264 g/mol. The molecule has 2 atom stereocenters. The minimum absolute atomic E-state index is 0.0853. The highest BCUT2D eigenvalue weighted by atomic mass is 16.5. The van der Waals surface area contributed by atoms with Gasteiger partial charge < -0.3 is 14.5 Å². The van der Waals surface area contributed by atoms with Gasteiger partial charge in [0.15, 0.2) is 5.69 Å². The van der Waals surface area contributed by atoms with Crippen LogP contribution in [0.15, 0.2) is 4.52 Å². The maximum atomic E-state index is 12.5. The molecule has 1 aliphatic heterocycles. The molecule has 1 saturated heterocycles. The van der Waals surface area contributed by atoms with Crippen molar-refractivity contribution in [2.75, 3.05) is 13.1 Å². The van der Waals surface area contributed by atoms with E-state index in [1.54, 1.807) is 4.90 Å². The van der Waals surface area contributed by atoms with Crippen LogP contribution in [0.1, 0.15) is 48.0 Å². The zero-order valence-electron chi connectivity index (χ0n) is 11.3. The summed E-state index contributed by atoms with van der Waals surface area (Å²) in [5.41, 5.74) is 1.46. The predicted octanol–water partition coefficient (Wildman–Crippen LogP) is 1.40. The monoisotopic (exact) mass is 264 g/mol. The van der Waals surface area contributed by atoms with Crippen LogP contribution in [-0.4, -0.2) is 40.3 Å². The van der Waals surface area contributed by atoms with E-state index in [0.717, 1.165) is 43.4 Å². The molecule has 2 unspecified atom stereocenters. The maximum Gasteiger partial charge on any atom is 0.276 e. The van der Waals surface area contributed by atoms with Gasteiger partial charge in [-0.1, -0.05) is 12.1 Å². The molecule has 1 aromatic rings. The number of piperidine rings is 1. The number of carbonyl (C=O) groups excluding carboxylic acids is 1. The van der Waals surface area contributed by atoms with Gasteiger partial charge in [0.1, 0.15) is 5.76 Å². The second kappa shape index (κ2) is 4.96. The molecular formula is C14H20N2O3. The second-order valence-electron chi connectivity index (χ2n) is 5.72. The lowest BCUT2D eigenvalue weighted by Crippen LogP contribution is -2.46. The van der Waals surface area contributed by atoms with Crippen molar-refractivity contribution in [3.63, 3.8) is 0 Å². The molecule has 5 heteroatoms. The molecule has 1 N–H and O–H groups in total. The molecular weight excluding hydrogens is 244 g/mol. The van der Waals surface area contributed by atoms with E-state index in [1.807, 2.05) is 6.92 Å². The van der Waals surface area contributed by atoms with E-state index in [4.69, 9.17) is 4.52 Å². The number of nitrogens with zero attached hydrogens (tertiary/aromatic N) is 2. The molecule has 0 spiro atoms. The predicted molar refractivity (Wildman–Crippen MR) is 68.8 cm³/mol. The Hall–Kier alpha value is -1.36. The SMILES string of the molecule is CC1CCN(C(=O)c2noc3c2CCCC3)CC1O. The fourth-order valence-electron chi connectivity index (χ4n) is 2.94. The summed E-state index contributed by atoms with van der Waals surface area (Å²) in [6.07, 6.45) is 4.37. The molecule has 104 valence electrons. The number of amides is 1. The van der Waals surface area contributed by atoms with Crippen molar-refractivity contribution in [1.82, 2.24) is 10.1 Å². The van der Waals surface area contributed by atoms with Crippen molar-refractivity contribution in [3.05, 3.63) is 17.0 Å². The molecule has 0 saturated carbocycles. The van der Waals surface area contributed by atoms with E-state index in [9.17, 15) is 9.90 Å². The van der Waals surface area contributed by atoms with Crippen molar-refractivity contribution in [2.24, 2.45) is 5.92 Å². The van der Waals surface area contributed by atoms with Gasteiger partial charge in [-0.25, -0.2) is 0 Å². The highest BCUT2D eigenvalue weighted by Gasteiger charge is 2.32. The summed E-state index contributed by atoms with van der Waals surface area (Å²) >= 11 is 0. The highest BCUT2D eigenvalue weighted by Crippen LogP contribution is 2.26. The highest BCUT2D eigenvalue weighted by molar-refractivity contribution is 5.94. The number of β-amino-alcohol motifs (C(OH)–C–C–N with tert-alkyl or cyclic N) is 1. The van der Waals surface area contributed by atoms with Gasteiger partial charge in [0.2, 0.25) is 0 Å². The number of carbonyl (C=O) groups is 1. The van der Waals surface area contributed by atoms with E-state index in [-0.39, 0.29) is 11.8 Å². The molecule has 1 aliphatic carbocycles. The average Bonchev–Trinajstić information content (AvgIpc) is 2.85. The first-order chi connectivity index (χ1) is 9.16. The summed E-state index contributed by atoms with van der Waals surface area (Å²) in [4.78, 5) is 14.2. The van der Waals surface area contributed by atoms with Crippen molar-refractivity contribution in [2.45, 2.75) is 45.1 Å². The van der Waals surface area contributed by atoms with Gasteiger partial charge in [0.25, 0.3) is 5.91 Å². The van der Waals surface area contributed by atoms with Gasteiger partial charge in [0.05, 0.1) is 6.10 Å². The second-order valence-corrected chi connectivity index (χ2v) is 5.72. The van der Waals surface area contributed by atoms with Crippen LogP contribution in [0, 0.1) is 5.92 Å². The molecule has 1 fully saturated rings. The lowest BCUT2D eigenvalue weighted by atomic mass is 9.94. The minimum atomic E-state index is -0.430. The van der Waals surface area contributed by atoms with Crippen LogP contribution in [0.25, 0.3) is 0 Å². The molecule has 0 radical (unpaired) electrons. The summed E-state index contributed by atoms with van der Waals surface area (Å²) in [5, 5.41) is 13.9. The third kappa shape index (κ3) is 2.27. The summed E-state index contributed by atoms with van der Waals surface area (Å²) in [5.74, 6) is 1.05. The molecule has 1 amide bonds. The summed E-state index contributed by atoms with van der Waals surface area (Å²) in [6.45, 7) is 3.12. The van der Waals surface area contributed by atoms with E-state index in [0.29, 0.717) is 18.8 Å². The van der Waals surface area contributed by atoms with Gasteiger partial charge in [-0.05, 0) is 31.6 Å². The number of fused-ring (bicyclic) bond motifs is 1. The van der Waals surface area contributed by atoms with Crippen LogP contribution in [0.5, 0.6) is 0 Å². The molecule has 1 aromatic heterocycles. The zero-order valence-corrected chi connectivity index (χ0v) is 11.3. The van der Waals surface area contributed by atoms with E-state index in [1.165, 1.54) is 0 Å². The normalized spacial score (nSPS) is 27.2. The van der Waals surface area contributed by atoms with Crippen molar-refractivity contribution in [1.29, 1.82) is 0 Å². The van der Waals surface area contributed by atoms with Gasteiger partial charge in [-0.3, -0.25) is 4.79 Å². The number of aliphatic hydroxyl groups is 1. The van der Waals surface area contributed by atoms with Gasteiger partial charge in [0, 0.05) is 25.1 Å². The lowest BCUT2D eigenvalue weighted by Gasteiger charge is -2.34. The number of aliphatic hydroxyl groups excluding tert-OH is 1. The van der Waals surface area contributed by atoms with Crippen molar-refractivity contribution >= 4 is 5.91 Å². The van der Waals surface area contributed by atoms with E-state index < -0.39 is 6.10 Å². The van der Waals surface area contributed by atoms with E-state index in [2.05, 4.69) is 5.16 Å². The Balaban J connectivity index is 1.79. The Bertz CT molecular complexity index is 483. The Kier molecular flexibility index (Phi) is 3.31. The van der Waals surface area contributed by atoms with Crippen molar-refractivity contribution in [3.8, 4) is 0 Å². The number of hydrogen-bond donors (Lipinski definition) is 1. The fourth-order valence-corrected chi connectivity index (χ4v) is 2.94. The fraction of sp³-hybridized carbons (Fsp3) is 0.714. The number of likely N-dealkylation sites (tertiary alicyclic amines) is 1. The largest absolute Gasteiger partial charge is 0.391 e. The standard InChI is InChI=1S/C14H20N2O3/c1-9-6-7-16(8-11(9)17)14(18)13-10-4-2-3-5-12(10)19-15-13/h9,11,17H,2-8H2,1H3. The van der Waals surface area contributed by atoms with Crippen LogP contribution >= 0.6 is 0 Å². The minimum Gasteiger partial charge on any atom is -0.391 e. The quantitative estimate of drug-likeness (QED) is 0.832. The van der Waals surface area contributed by atoms with Gasteiger partial charge >= 0.3 is 0 Å². The molecule has 2 heterocycles. The Morgan fingerprint density at radius 2 is 2.21 bits per heavy atom. The topological polar surface area (TPSA) is 66.6 Å². The third-order valence-electron chi connectivity index (χ3n) is 4.36. The van der Waals surface area contributed by atoms with Crippen molar-refractivity contribution < 1.29 is 14.4 Å². The first-order valence-electron chi connectivity index (χ1n) is 7.11. The molecule has 0 aromatic carbocycles. The number of aromatic nitrogens is 1. The number of hydrogen-bond acceptors (Lipinski definition) is 4. The summed E-state index contributed by atoms with van der Waals surface area (Å²) in [7, 11) is 0. The Morgan fingerprint density at radius 1 is 1.42 bits per heavy atom. The summed E-state index contributed by atoms with van der Waals surface area (Å²) < 4.78 is 5.29. The smallest absolute Gasteiger partial charge is 0.276 e. The Morgan fingerprint density at radius 3 is 3.00 bits per heavy atom. The lowest BCUT2D eigenvalue weighted by molar-refractivity contribution is 0.0242. The molecule has 0 bridgehead atoms. The van der Waals surface area contributed by atoms with Gasteiger partial charge in [-0.2, -0.15) is 0 Å². The number of rotatable bonds is 1. The van der Waals surface area contributed by atoms with E-state index >= 15 is 0 Å². The van der Waals surface area contributed by atoms with Crippen LogP contribution in [0.2, 0.25) is 0 Å². The third-order valence-corrected chi connectivity index (χ3v) is 4.36. The van der Waals surface area contributed by atoms with Crippen LogP contribution in [0.4, 0.5) is 0 Å². The van der Waals surface area contributed by atoms with Crippen LogP contribution < -0.4 is 0 Å². The molecule has 3 rings (SSSR count).